The molecule has 5 nitrogen and oxygen atoms in total. The summed E-state index contributed by atoms with van der Waals surface area (Å²) in [6, 6.07) is 7.76. The Balaban J connectivity index is 1.92. The van der Waals surface area contributed by atoms with E-state index in [2.05, 4.69) is 10.4 Å². The number of amides is 1. The summed E-state index contributed by atoms with van der Waals surface area (Å²) in [5.41, 5.74) is 2.20. The first kappa shape index (κ1) is 15.4. The molecule has 0 saturated heterocycles. The van der Waals surface area contributed by atoms with Crippen molar-refractivity contribution in [3.8, 4) is 5.75 Å². The normalized spacial score (nSPS) is 10.5. The monoisotopic (exact) mass is 307 g/mol. The van der Waals surface area contributed by atoms with Gasteiger partial charge in [-0.05, 0) is 31.0 Å². The highest BCUT2D eigenvalue weighted by molar-refractivity contribution is 6.33. The van der Waals surface area contributed by atoms with Crippen LogP contribution in [0.25, 0.3) is 0 Å². The number of halogens is 1. The Morgan fingerprint density at radius 1 is 1.38 bits per heavy atom. The van der Waals surface area contributed by atoms with E-state index in [0.717, 1.165) is 17.7 Å². The number of hydrogen-bond donors (Lipinski definition) is 1. The van der Waals surface area contributed by atoms with Gasteiger partial charge in [0.05, 0.1) is 18.4 Å². The minimum atomic E-state index is -0.195. The lowest BCUT2D eigenvalue weighted by Gasteiger charge is -2.06. The fourth-order valence-electron chi connectivity index (χ4n) is 2.09. The predicted molar refractivity (Wildman–Crippen MR) is 82.0 cm³/mol. The van der Waals surface area contributed by atoms with Crippen LogP contribution in [0.1, 0.15) is 21.6 Å². The maximum absolute atomic E-state index is 12.1. The van der Waals surface area contributed by atoms with Crippen molar-refractivity contribution in [2.75, 3.05) is 13.7 Å². The molecule has 1 aromatic heterocycles. The van der Waals surface area contributed by atoms with E-state index in [4.69, 9.17) is 16.3 Å². The summed E-state index contributed by atoms with van der Waals surface area (Å²) in [5.74, 6) is 0.625. The zero-order valence-electron chi connectivity index (χ0n) is 12.3. The molecule has 0 fully saturated rings. The van der Waals surface area contributed by atoms with Crippen molar-refractivity contribution in [3.63, 3.8) is 0 Å². The van der Waals surface area contributed by atoms with Crippen molar-refractivity contribution in [1.29, 1.82) is 0 Å². The lowest BCUT2D eigenvalue weighted by Crippen LogP contribution is -2.26. The molecule has 1 aromatic carbocycles. The molecule has 0 aliphatic carbocycles. The van der Waals surface area contributed by atoms with Gasteiger partial charge < -0.3 is 10.1 Å². The molecule has 0 spiro atoms. The summed E-state index contributed by atoms with van der Waals surface area (Å²) in [6.07, 6.45) is 0.743. The lowest BCUT2D eigenvalue weighted by atomic mass is 10.1. The lowest BCUT2D eigenvalue weighted by molar-refractivity contribution is 0.0953. The van der Waals surface area contributed by atoms with Crippen LogP contribution in [0.15, 0.2) is 24.3 Å². The Kier molecular flexibility index (Phi) is 4.85. The molecular formula is C15H18ClN3O2. The first-order valence-electron chi connectivity index (χ1n) is 6.63. The van der Waals surface area contributed by atoms with E-state index in [9.17, 15) is 4.79 Å². The smallest absolute Gasteiger partial charge is 0.256 e. The van der Waals surface area contributed by atoms with E-state index in [1.54, 1.807) is 21.1 Å². The van der Waals surface area contributed by atoms with E-state index >= 15 is 0 Å². The highest BCUT2D eigenvalue weighted by atomic mass is 35.5. The number of nitrogens with one attached hydrogen (secondary N) is 1. The van der Waals surface area contributed by atoms with Crippen LogP contribution in [0, 0.1) is 6.92 Å². The van der Waals surface area contributed by atoms with Gasteiger partial charge in [-0.2, -0.15) is 5.10 Å². The van der Waals surface area contributed by atoms with Crippen molar-refractivity contribution in [2.24, 2.45) is 7.05 Å². The standard InChI is InChI=1S/C15H18ClN3O2/c1-10-13(14(16)19(2)18-10)15(20)17-9-8-11-4-6-12(21-3)7-5-11/h4-7H,8-9H2,1-3H3,(H,17,20). The number of methoxy groups -OCH3 is 1. The van der Waals surface area contributed by atoms with Gasteiger partial charge in [0.1, 0.15) is 10.9 Å². The van der Waals surface area contributed by atoms with Crippen molar-refractivity contribution in [3.05, 3.63) is 46.2 Å². The second-order valence-electron chi connectivity index (χ2n) is 4.73. The number of ether oxygens (including phenoxy) is 1. The molecule has 0 aliphatic heterocycles. The van der Waals surface area contributed by atoms with Gasteiger partial charge in [-0.25, -0.2) is 0 Å². The van der Waals surface area contributed by atoms with E-state index in [1.807, 2.05) is 24.3 Å². The van der Waals surface area contributed by atoms with Gasteiger partial charge in [0, 0.05) is 13.6 Å². The quantitative estimate of drug-likeness (QED) is 0.922. The zero-order chi connectivity index (χ0) is 15.4. The van der Waals surface area contributed by atoms with Gasteiger partial charge in [0.2, 0.25) is 0 Å². The van der Waals surface area contributed by atoms with Crippen LogP contribution in [0.4, 0.5) is 0 Å². The van der Waals surface area contributed by atoms with Crippen LogP contribution in [0.3, 0.4) is 0 Å². The number of aromatic nitrogens is 2. The van der Waals surface area contributed by atoms with Gasteiger partial charge >= 0.3 is 0 Å². The number of aryl methyl sites for hydroxylation is 2. The molecule has 2 rings (SSSR count). The average Bonchev–Trinajstić information content (AvgIpc) is 2.73. The topological polar surface area (TPSA) is 56.1 Å². The molecule has 0 atom stereocenters. The summed E-state index contributed by atoms with van der Waals surface area (Å²) >= 11 is 6.06. The van der Waals surface area contributed by atoms with Crippen molar-refractivity contribution < 1.29 is 9.53 Å². The minimum absolute atomic E-state index is 0.195. The van der Waals surface area contributed by atoms with Crippen LogP contribution < -0.4 is 10.1 Å². The van der Waals surface area contributed by atoms with Crippen LogP contribution >= 0.6 is 11.6 Å². The summed E-state index contributed by atoms with van der Waals surface area (Å²) in [4.78, 5) is 12.1. The van der Waals surface area contributed by atoms with Gasteiger partial charge in [-0.3, -0.25) is 9.48 Å². The largest absolute Gasteiger partial charge is 0.497 e. The van der Waals surface area contributed by atoms with Crippen LogP contribution in [0.5, 0.6) is 5.75 Å². The molecule has 0 bridgehead atoms. The highest BCUT2D eigenvalue weighted by Crippen LogP contribution is 2.18. The number of benzene rings is 1. The molecule has 112 valence electrons. The van der Waals surface area contributed by atoms with Gasteiger partial charge in [-0.15, -0.1) is 0 Å². The molecule has 1 N–H and O–H groups in total. The molecule has 1 amide bonds. The van der Waals surface area contributed by atoms with E-state index < -0.39 is 0 Å². The van der Waals surface area contributed by atoms with Gasteiger partial charge in [0.15, 0.2) is 0 Å². The van der Waals surface area contributed by atoms with Crippen molar-refractivity contribution >= 4 is 17.5 Å². The molecule has 0 unspecified atom stereocenters. The van der Waals surface area contributed by atoms with Crippen molar-refractivity contribution in [2.45, 2.75) is 13.3 Å². The third-order valence-electron chi connectivity index (χ3n) is 3.24. The number of carbonyl (C=O) groups excluding carboxylic acids is 1. The average molecular weight is 308 g/mol. The Bertz CT molecular complexity index is 635. The molecule has 0 aliphatic rings. The Morgan fingerprint density at radius 2 is 2.05 bits per heavy atom. The highest BCUT2D eigenvalue weighted by Gasteiger charge is 2.18. The number of hydrogen-bond acceptors (Lipinski definition) is 3. The van der Waals surface area contributed by atoms with Crippen LogP contribution in [-0.2, 0) is 13.5 Å². The summed E-state index contributed by atoms with van der Waals surface area (Å²) in [6.45, 7) is 2.31. The molecule has 2 aromatic rings. The third kappa shape index (κ3) is 3.55. The van der Waals surface area contributed by atoms with E-state index in [0.29, 0.717) is 23.0 Å². The fourth-order valence-corrected chi connectivity index (χ4v) is 2.35. The van der Waals surface area contributed by atoms with Gasteiger partial charge in [0.25, 0.3) is 5.91 Å². The Labute approximate surface area is 128 Å². The Morgan fingerprint density at radius 3 is 2.57 bits per heavy atom. The predicted octanol–water partition coefficient (Wildman–Crippen LogP) is 2.36. The summed E-state index contributed by atoms with van der Waals surface area (Å²) in [7, 11) is 3.35. The first-order chi connectivity index (χ1) is 10.0. The molecule has 0 saturated carbocycles. The molecule has 21 heavy (non-hydrogen) atoms. The number of carbonyl (C=O) groups is 1. The number of rotatable bonds is 5. The molecule has 1 heterocycles. The Hall–Kier alpha value is -2.01. The molecule has 6 heteroatoms. The van der Waals surface area contributed by atoms with Crippen molar-refractivity contribution in [1.82, 2.24) is 15.1 Å². The second-order valence-corrected chi connectivity index (χ2v) is 5.09. The SMILES string of the molecule is COc1ccc(CCNC(=O)c2c(C)nn(C)c2Cl)cc1. The number of nitrogens with zero attached hydrogens (tertiary/aromatic N) is 2. The maximum Gasteiger partial charge on any atom is 0.256 e. The van der Waals surface area contributed by atoms with E-state index in [-0.39, 0.29) is 5.91 Å². The zero-order valence-corrected chi connectivity index (χ0v) is 13.1. The first-order valence-corrected chi connectivity index (χ1v) is 7.01. The third-order valence-corrected chi connectivity index (χ3v) is 3.67. The summed E-state index contributed by atoms with van der Waals surface area (Å²) < 4.78 is 6.60. The van der Waals surface area contributed by atoms with Gasteiger partial charge in [-0.1, -0.05) is 23.7 Å². The second kappa shape index (κ2) is 6.63. The fraction of sp³-hybridized carbons (Fsp3) is 0.333. The van der Waals surface area contributed by atoms with E-state index in [1.165, 1.54) is 4.68 Å². The van der Waals surface area contributed by atoms with Crippen LogP contribution in [-0.4, -0.2) is 29.3 Å². The maximum atomic E-state index is 12.1. The molecule has 0 radical (unpaired) electrons. The van der Waals surface area contributed by atoms with Crippen LogP contribution in [0.2, 0.25) is 5.15 Å². The minimum Gasteiger partial charge on any atom is -0.497 e. The molecular weight excluding hydrogens is 290 g/mol. The summed E-state index contributed by atoms with van der Waals surface area (Å²) in [5, 5.41) is 7.35.